The van der Waals surface area contributed by atoms with Gasteiger partial charge in [-0.25, -0.2) is 0 Å². The van der Waals surface area contributed by atoms with E-state index in [9.17, 15) is 4.79 Å². The summed E-state index contributed by atoms with van der Waals surface area (Å²) in [5.41, 5.74) is 6.56. The SMILES string of the molecule is CCCC(CN)NC(=O)Cc1cccc(OC)c1. The van der Waals surface area contributed by atoms with Crippen molar-refractivity contribution in [2.45, 2.75) is 32.2 Å². The summed E-state index contributed by atoms with van der Waals surface area (Å²) >= 11 is 0. The molecule has 0 aliphatic heterocycles. The highest BCUT2D eigenvalue weighted by molar-refractivity contribution is 5.79. The molecule has 0 spiro atoms. The fourth-order valence-electron chi connectivity index (χ4n) is 1.84. The highest BCUT2D eigenvalue weighted by Crippen LogP contribution is 2.12. The summed E-state index contributed by atoms with van der Waals surface area (Å²) in [6, 6.07) is 7.61. The maximum atomic E-state index is 11.8. The monoisotopic (exact) mass is 250 g/mol. The van der Waals surface area contributed by atoms with Crippen molar-refractivity contribution >= 4 is 5.91 Å². The molecule has 4 heteroatoms. The molecular formula is C14H22N2O2. The van der Waals surface area contributed by atoms with Gasteiger partial charge in [-0.3, -0.25) is 4.79 Å². The number of hydrogen-bond donors (Lipinski definition) is 2. The van der Waals surface area contributed by atoms with E-state index in [0.717, 1.165) is 24.2 Å². The van der Waals surface area contributed by atoms with Gasteiger partial charge in [0.25, 0.3) is 0 Å². The van der Waals surface area contributed by atoms with E-state index in [4.69, 9.17) is 10.5 Å². The molecule has 0 fully saturated rings. The normalized spacial score (nSPS) is 11.9. The summed E-state index contributed by atoms with van der Waals surface area (Å²) in [4.78, 5) is 11.8. The topological polar surface area (TPSA) is 64.3 Å². The summed E-state index contributed by atoms with van der Waals surface area (Å²) in [5, 5.41) is 2.95. The van der Waals surface area contributed by atoms with Crippen LogP contribution >= 0.6 is 0 Å². The molecule has 1 amide bonds. The van der Waals surface area contributed by atoms with Crippen LogP contribution in [-0.2, 0) is 11.2 Å². The fourth-order valence-corrected chi connectivity index (χ4v) is 1.84. The van der Waals surface area contributed by atoms with Crippen molar-refractivity contribution in [1.82, 2.24) is 5.32 Å². The smallest absolute Gasteiger partial charge is 0.224 e. The van der Waals surface area contributed by atoms with Gasteiger partial charge in [-0.15, -0.1) is 0 Å². The molecule has 0 saturated heterocycles. The Kier molecular flexibility index (Phi) is 6.22. The third-order valence-corrected chi connectivity index (χ3v) is 2.79. The quantitative estimate of drug-likeness (QED) is 0.770. The third-order valence-electron chi connectivity index (χ3n) is 2.79. The largest absolute Gasteiger partial charge is 0.497 e. The first kappa shape index (κ1) is 14.5. The summed E-state index contributed by atoms with van der Waals surface area (Å²) in [5.74, 6) is 0.774. The number of rotatable bonds is 7. The van der Waals surface area contributed by atoms with E-state index in [2.05, 4.69) is 12.2 Å². The number of benzene rings is 1. The number of nitrogens with one attached hydrogen (secondary N) is 1. The minimum Gasteiger partial charge on any atom is -0.497 e. The second-order valence-corrected chi connectivity index (χ2v) is 4.32. The van der Waals surface area contributed by atoms with Gasteiger partial charge < -0.3 is 15.8 Å². The predicted octanol–water partition coefficient (Wildman–Crippen LogP) is 1.48. The molecule has 4 nitrogen and oxygen atoms in total. The highest BCUT2D eigenvalue weighted by atomic mass is 16.5. The van der Waals surface area contributed by atoms with Crippen LogP contribution in [-0.4, -0.2) is 25.6 Å². The standard InChI is InChI=1S/C14H22N2O2/c1-3-5-12(10-15)16-14(17)9-11-6-4-7-13(8-11)18-2/h4,6-8,12H,3,5,9-10,15H2,1-2H3,(H,16,17). The lowest BCUT2D eigenvalue weighted by atomic mass is 10.1. The van der Waals surface area contributed by atoms with Crippen LogP contribution in [0, 0.1) is 0 Å². The van der Waals surface area contributed by atoms with Crippen molar-refractivity contribution in [2.75, 3.05) is 13.7 Å². The summed E-state index contributed by atoms with van der Waals surface area (Å²) in [6.45, 7) is 2.56. The number of carbonyl (C=O) groups is 1. The number of ether oxygens (including phenoxy) is 1. The molecule has 0 radical (unpaired) electrons. The molecule has 100 valence electrons. The zero-order valence-corrected chi connectivity index (χ0v) is 11.1. The molecule has 18 heavy (non-hydrogen) atoms. The number of nitrogens with two attached hydrogens (primary N) is 1. The van der Waals surface area contributed by atoms with Crippen molar-refractivity contribution in [3.63, 3.8) is 0 Å². The minimum atomic E-state index is 0.00662. The maximum absolute atomic E-state index is 11.8. The Hall–Kier alpha value is -1.55. The Bertz CT molecular complexity index is 380. The Morgan fingerprint density at radius 1 is 1.50 bits per heavy atom. The first-order chi connectivity index (χ1) is 8.69. The second kappa shape index (κ2) is 7.71. The van der Waals surface area contributed by atoms with Crippen molar-refractivity contribution in [2.24, 2.45) is 5.73 Å². The molecule has 1 unspecified atom stereocenters. The fraction of sp³-hybridized carbons (Fsp3) is 0.500. The Morgan fingerprint density at radius 2 is 2.28 bits per heavy atom. The lowest BCUT2D eigenvalue weighted by Gasteiger charge is -2.15. The number of carbonyl (C=O) groups excluding carboxylic acids is 1. The number of methoxy groups -OCH3 is 1. The molecule has 0 saturated carbocycles. The van der Waals surface area contributed by atoms with Gasteiger partial charge in [-0.1, -0.05) is 25.5 Å². The molecule has 1 rings (SSSR count). The van der Waals surface area contributed by atoms with Crippen LogP contribution in [0.1, 0.15) is 25.3 Å². The third kappa shape index (κ3) is 4.75. The van der Waals surface area contributed by atoms with Crippen LogP contribution in [0.2, 0.25) is 0 Å². The maximum Gasteiger partial charge on any atom is 0.224 e. The first-order valence-corrected chi connectivity index (χ1v) is 6.32. The van der Waals surface area contributed by atoms with Crippen LogP contribution in [0.3, 0.4) is 0 Å². The zero-order valence-electron chi connectivity index (χ0n) is 11.1. The molecule has 3 N–H and O–H groups in total. The van der Waals surface area contributed by atoms with E-state index in [1.165, 1.54) is 0 Å². The van der Waals surface area contributed by atoms with Crippen LogP contribution in [0.5, 0.6) is 5.75 Å². The van der Waals surface area contributed by atoms with Gasteiger partial charge in [0.05, 0.1) is 13.5 Å². The van der Waals surface area contributed by atoms with E-state index in [1.54, 1.807) is 7.11 Å². The summed E-state index contributed by atoms with van der Waals surface area (Å²) < 4.78 is 5.13. The van der Waals surface area contributed by atoms with Gasteiger partial charge >= 0.3 is 0 Å². The van der Waals surface area contributed by atoms with Crippen LogP contribution in [0.4, 0.5) is 0 Å². The van der Waals surface area contributed by atoms with Gasteiger partial charge in [-0.05, 0) is 24.1 Å². The molecule has 1 aromatic rings. The molecule has 1 atom stereocenters. The summed E-state index contributed by atoms with van der Waals surface area (Å²) in [7, 11) is 1.62. The van der Waals surface area contributed by atoms with Crippen molar-refractivity contribution in [3.8, 4) is 5.75 Å². The van der Waals surface area contributed by atoms with Gasteiger partial charge in [0.2, 0.25) is 5.91 Å². The highest BCUT2D eigenvalue weighted by Gasteiger charge is 2.10. The van der Waals surface area contributed by atoms with E-state index >= 15 is 0 Å². The molecule has 0 aliphatic rings. The first-order valence-electron chi connectivity index (χ1n) is 6.32. The van der Waals surface area contributed by atoms with E-state index in [-0.39, 0.29) is 11.9 Å². The van der Waals surface area contributed by atoms with Gasteiger partial charge in [0.1, 0.15) is 5.75 Å². The molecule has 0 aromatic heterocycles. The molecule has 1 aromatic carbocycles. The van der Waals surface area contributed by atoms with Gasteiger partial charge in [0.15, 0.2) is 0 Å². The van der Waals surface area contributed by atoms with Crippen molar-refractivity contribution < 1.29 is 9.53 Å². The van der Waals surface area contributed by atoms with Gasteiger partial charge in [0, 0.05) is 12.6 Å². The molecule has 0 aliphatic carbocycles. The lowest BCUT2D eigenvalue weighted by molar-refractivity contribution is -0.121. The summed E-state index contributed by atoms with van der Waals surface area (Å²) in [6.07, 6.45) is 2.29. The average molecular weight is 250 g/mol. The van der Waals surface area contributed by atoms with Crippen LogP contribution in [0.25, 0.3) is 0 Å². The van der Waals surface area contributed by atoms with E-state index in [1.807, 2.05) is 24.3 Å². The Morgan fingerprint density at radius 3 is 2.89 bits per heavy atom. The number of amides is 1. The second-order valence-electron chi connectivity index (χ2n) is 4.32. The predicted molar refractivity (Wildman–Crippen MR) is 72.6 cm³/mol. The minimum absolute atomic E-state index is 0.00662. The van der Waals surface area contributed by atoms with Crippen molar-refractivity contribution in [1.29, 1.82) is 0 Å². The van der Waals surface area contributed by atoms with E-state index < -0.39 is 0 Å². The molecular weight excluding hydrogens is 228 g/mol. The average Bonchev–Trinajstić information content (AvgIpc) is 2.38. The van der Waals surface area contributed by atoms with Gasteiger partial charge in [-0.2, -0.15) is 0 Å². The zero-order chi connectivity index (χ0) is 13.4. The van der Waals surface area contributed by atoms with Crippen LogP contribution < -0.4 is 15.8 Å². The lowest BCUT2D eigenvalue weighted by Crippen LogP contribution is -2.40. The Labute approximate surface area is 109 Å². The van der Waals surface area contributed by atoms with Crippen molar-refractivity contribution in [3.05, 3.63) is 29.8 Å². The molecule has 0 bridgehead atoms. The number of hydrogen-bond acceptors (Lipinski definition) is 3. The van der Waals surface area contributed by atoms with Crippen LogP contribution in [0.15, 0.2) is 24.3 Å². The Balaban J connectivity index is 2.52. The molecule has 0 heterocycles. The van der Waals surface area contributed by atoms with E-state index in [0.29, 0.717) is 13.0 Å².